The Morgan fingerprint density at radius 2 is 2.43 bits per heavy atom. The maximum atomic E-state index is 11.3. The molecule has 1 amide bonds. The molecule has 1 rings (SSSR count). The topological polar surface area (TPSA) is 44.1 Å². The summed E-state index contributed by atoms with van der Waals surface area (Å²) in [5.41, 5.74) is 1.20. The van der Waals surface area contributed by atoms with Crippen LogP contribution in [0.1, 0.15) is 16.9 Å². The Morgan fingerprint density at radius 3 is 2.93 bits per heavy atom. The third-order valence-corrected chi connectivity index (χ3v) is 3.01. The lowest BCUT2D eigenvalue weighted by Crippen LogP contribution is -2.25. The summed E-state index contributed by atoms with van der Waals surface area (Å²) in [6, 6.07) is 3.89. The number of hydrogen-bond acceptors (Lipinski definition) is 3. The van der Waals surface area contributed by atoms with Gasteiger partial charge < -0.3 is 4.90 Å². The van der Waals surface area contributed by atoms with Crippen molar-refractivity contribution in [3.05, 3.63) is 21.9 Å². The van der Waals surface area contributed by atoms with Crippen LogP contribution in [0.15, 0.2) is 11.4 Å². The first-order chi connectivity index (χ1) is 6.65. The lowest BCUT2D eigenvalue weighted by Gasteiger charge is -2.14. The molecule has 3 nitrogen and oxygen atoms in total. The average molecular weight is 208 g/mol. The van der Waals surface area contributed by atoms with Crippen LogP contribution in [-0.2, 0) is 11.3 Å². The lowest BCUT2D eigenvalue weighted by atomic mass is 10.3. The van der Waals surface area contributed by atoms with Crippen LogP contribution in [0.3, 0.4) is 0 Å². The predicted octanol–water partition coefficient (Wildman–Crippen LogP) is 1.93. The molecule has 0 spiro atoms. The van der Waals surface area contributed by atoms with Gasteiger partial charge in [0.1, 0.15) is 6.42 Å². The molecule has 0 atom stereocenters. The van der Waals surface area contributed by atoms with E-state index in [9.17, 15) is 4.79 Å². The molecule has 0 N–H and O–H groups in total. The van der Waals surface area contributed by atoms with Crippen molar-refractivity contribution in [2.45, 2.75) is 19.9 Å². The summed E-state index contributed by atoms with van der Waals surface area (Å²) in [7, 11) is 1.72. The van der Waals surface area contributed by atoms with Crippen molar-refractivity contribution in [3.8, 4) is 6.07 Å². The second-order valence-electron chi connectivity index (χ2n) is 3.11. The van der Waals surface area contributed by atoms with Crippen molar-refractivity contribution in [1.29, 1.82) is 5.26 Å². The van der Waals surface area contributed by atoms with Gasteiger partial charge >= 0.3 is 0 Å². The van der Waals surface area contributed by atoms with Crippen LogP contribution < -0.4 is 0 Å². The van der Waals surface area contributed by atoms with Crippen molar-refractivity contribution in [1.82, 2.24) is 4.90 Å². The van der Waals surface area contributed by atoms with Gasteiger partial charge in [0, 0.05) is 11.9 Å². The molecule has 74 valence electrons. The highest BCUT2D eigenvalue weighted by atomic mass is 32.1. The van der Waals surface area contributed by atoms with Crippen molar-refractivity contribution in [2.75, 3.05) is 7.05 Å². The Morgan fingerprint density at radius 1 is 1.71 bits per heavy atom. The highest BCUT2D eigenvalue weighted by Crippen LogP contribution is 2.17. The number of carbonyl (C=O) groups excluding carboxylic acids is 1. The fourth-order valence-corrected chi connectivity index (χ4v) is 2.03. The maximum absolute atomic E-state index is 11.3. The molecule has 0 aromatic carbocycles. The molecule has 0 aliphatic heterocycles. The van der Waals surface area contributed by atoms with Gasteiger partial charge in [0.25, 0.3) is 0 Å². The minimum Gasteiger partial charge on any atom is -0.340 e. The smallest absolute Gasteiger partial charge is 0.236 e. The SMILES string of the molecule is Cc1ccsc1CN(C)C(=O)CC#N. The predicted molar refractivity (Wildman–Crippen MR) is 55.8 cm³/mol. The summed E-state index contributed by atoms with van der Waals surface area (Å²) >= 11 is 1.64. The Balaban J connectivity index is 2.58. The van der Waals surface area contributed by atoms with E-state index in [4.69, 9.17) is 5.26 Å². The average Bonchev–Trinajstić information content (AvgIpc) is 2.52. The van der Waals surface area contributed by atoms with E-state index in [0.29, 0.717) is 6.54 Å². The molecule has 0 saturated carbocycles. The molecule has 1 aromatic heterocycles. The quantitative estimate of drug-likeness (QED) is 0.761. The van der Waals surface area contributed by atoms with E-state index in [0.717, 1.165) is 0 Å². The van der Waals surface area contributed by atoms with Crippen LogP contribution in [0.25, 0.3) is 0 Å². The van der Waals surface area contributed by atoms with E-state index in [-0.39, 0.29) is 12.3 Å². The van der Waals surface area contributed by atoms with Crippen LogP contribution in [0, 0.1) is 18.3 Å². The summed E-state index contributed by atoms with van der Waals surface area (Å²) in [6.45, 7) is 2.62. The van der Waals surface area contributed by atoms with Gasteiger partial charge in [-0.2, -0.15) is 5.26 Å². The molecule has 0 unspecified atom stereocenters. The van der Waals surface area contributed by atoms with Crippen LogP contribution in [-0.4, -0.2) is 17.9 Å². The van der Waals surface area contributed by atoms with Crippen molar-refractivity contribution < 1.29 is 4.79 Å². The van der Waals surface area contributed by atoms with Crippen LogP contribution in [0.4, 0.5) is 0 Å². The van der Waals surface area contributed by atoms with Gasteiger partial charge in [-0.1, -0.05) is 0 Å². The molecule has 0 fully saturated rings. The monoisotopic (exact) mass is 208 g/mol. The number of hydrogen-bond donors (Lipinski definition) is 0. The first kappa shape index (κ1) is 10.7. The zero-order chi connectivity index (χ0) is 10.6. The third kappa shape index (κ3) is 2.57. The molecule has 0 aliphatic rings. The van der Waals surface area contributed by atoms with E-state index in [1.54, 1.807) is 23.3 Å². The van der Waals surface area contributed by atoms with Crippen LogP contribution in [0.2, 0.25) is 0 Å². The fraction of sp³-hybridized carbons (Fsp3) is 0.400. The molecule has 0 aliphatic carbocycles. The normalized spacial score (nSPS) is 9.50. The van der Waals surface area contributed by atoms with Gasteiger partial charge in [-0.3, -0.25) is 4.79 Å². The van der Waals surface area contributed by atoms with E-state index in [1.807, 2.05) is 24.4 Å². The second kappa shape index (κ2) is 4.77. The molecule has 4 heteroatoms. The van der Waals surface area contributed by atoms with Crippen molar-refractivity contribution in [2.24, 2.45) is 0 Å². The Hall–Kier alpha value is -1.34. The zero-order valence-electron chi connectivity index (χ0n) is 8.28. The van der Waals surface area contributed by atoms with Gasteiger partial charge in [0.15, 0.2) is 0 Å². The number of nitrogens with zero attached hydrogens (tertiary/aromatic N) is 2. The number of thiophene rings is 1. The highest BCUT2D eigenvalue weighted by molar-refractivity contribution is 7.10. The highest BCUT2D eigenvalue weighted by Gasteiger charge is 2.10. The standard InChI is InChI=1S/C10H12N2OS/c1-8-4-6-14-9(8)7-12(2)10(13)3-5-11/h4,6H,3,7H2,1-2H3. The zero-order valence-corrected chi connectivity index (χ0v) is 9.10. The van der Waals surface area contributed by atoms with E-state index < -0.39 is 0 Å². The molecule has 0 radical (unpaired) electrons. The summed E-state index contributed by atoms with van der Waals surface area (Å²) in [6.07, 6.45) is -0.0408. The molecular formula is C10H12N2OS. The van der Waals surface area contributed by atoms with Gasteiger partial charge in [-0.05, 0) is 23.9 Å². The fourth-order valence-electron chi connectivity index (χ4n) is 1.07. The van der Waals surface area contributed by atoms with Gasteiger partial charge in [0.2, 0.25) is 5.91 Å². The Labute approximate surface area is 87.6 Å². The summed E-state index contributed by atoms with van der Waals surface area (Å²) in [5, 5.41) is 10.4. The molecule has 0 bridgehead atoms. The van der Waals surface area contributed by atoms with E-state index in [1.165, 1.54) is 10.4 Å². The summed E-state index contributed by atoms with van der Waals surface area (Å²) in [5.74, 6) is -0.125. The number of amides is 1. The van der Waals surface area contributed by atoms with Crippen LogP contribution in [0.5, 0.6) is 0 Å². The Bertz CT molecular complexity index is 364. The van der Waals surface area contributed by atoms with Crippen LogP contribution >= 0.6 is 11.3 Å². The number of nitriles is 1. The molecule has 1 heterocycles. The molecule has 1 aromatic rings. The second-order valence-corrected chi connectivity index (χ2v) is 4.11. The van der Waals surface area contributed by atoms with Gasteiger partial charge in [0.05, 0.1) is 12.6 Å². The number of rotatable bonds is 3. The maximum Gasteiger partial charge on any atom is 0.236 e. The lowest BCUT2D eigenvalue weighted by molar-refractivity contribution is -0.129. The van der Waals surface area contributed by atoms with E-state index in [2.05, 4.69) is 0 Å². The van der Waals surface area contributed by atoms with Crippen molar-refractivity contribution >= 4 is 17.2 Å². The third-order valence-electron chi connectivity index (χ3n) is 2.00. The molecular weight excluding hydrogens is 196 g/mol. The number of carbonyl (C=O) groups is 1. The first-order valence-corrected chi connectivity index (χ1v) is 5.17. The first-order valence-electron chi connectivity index (χ1n) is 4.29. The van der Waals surface area contributed by atoms with Crippen molar-refractivity contribution in [3.63, 3.8) is 0 Å². The summed E-state index contributed by atoms with van der Waals surface area (Å²) in [4.78, 5) is 14.1. The van der Waals surface area contributed by atoms with Gasteiger partial charge in [-0.15, -0.1) is 11.3 Å². The van der Waals surface area contributed by atoms with E-state index >= 15 is 0 Å². The summed E-state index contributed by atoms with van der Waals surface area (Å²) < 4.78 is 0. The van der Waals surface area contributed by atoms with Gasteiger partial charge in [-0.25, -0.2) is 0 Å². The largest absolute Gasteiger partial charge is 0.340 e. The minimum absolute atomic E-state index is 0.0408. The number of aryl methyl sites for hydroxylation is 1. The molecule has 0 saturated heterocycles. The molecule has 14 heavy (non-hydrogen) atoms. The minimum atomic E-state index is -0.125. The Kier molecular flexibility index (Phi) is 3.66.